The van der Waals surface area contributed by atoms with Crippen molar-refractivity contribution >= 4 is 11.6 Å². The van der Waals surface area contributed by atoms with E-state index in [0.29, 0.717) is 37.1 Å². The summed E-state index contributed by atoms with van der Waals surface area (Å²) in [6.45, 7) is 3.91. The molecule has 2 aliphatic rings. The minimum Gasteiger partial charge on any atom is -0.467 e. The fraction of sp³-hybridized carbons (Fsp3) is 0.474. The topological polar surface area (TPSA) is 62.7 Å². The van der Waals surface area contributed by atoms with Crippen LogP contribution in [0.25, 0.3) is 11.3 Å². The van der Waals surface area contributed by atoms with Crippen LogP contribution >= 0.6 is 11.6 Å². The Bertz CT molecular complexity index is 821. The second-order valence-corrected chi connectivity index (χ2v) is 7.16. The smallest absolute Gasteiger partial charge is 0.188 e. The second kappa shape index (κ2) is 7.12. The Morgan fingerprint density at radius 1 is 1.27 bits per heavy atom. The monoisotopic (exact) mass is 376 g/mol. The van der Waals surface area contributed by atoms with Gasteiger partial charge in [0.2, 0.25) is 0 Å². The molecule has 1 atom stereocenters. The first-order valence-corrected chi connectivity index (χ1v) is 8.98. The molecule has 0 saturated carbocycles. The molecule has 0 N–H and O–H groups in total. The van der Waals surface area contributed by atoms with E-state index in [0.717, 1.165) is 34.4 Å². The third kappa shape index (κ3) is 3.18. The molecule has 0 bridgehead atoms. The van der Waals surface area contributed by atoms with Crippen LogP contribution in [0.2, 0.25) is 5.15 Å². The van der Waals surface area contributed by atoms with Crippen molar-refractivity contribution in [3.63, 3.8) is 0 Å². The van der Waals surface area contributed by atoms with Crippen molar-refractivity contribution in [2.45, 2.75) is 32.0 Å². The zero-order chi connectivity index (χ0) is 18.1. The minimum atomic E-state index is -0.292. The number of aryl methyl sites for hydroxylation is 1. The lowest BCUT2D eigenvalue weighted by molar-refractivity contribution is -0.0694. The van der Waals surface area contributed by atoms with Gasteiger partial charge in [-0.2, -0.15) is 0 Å². The van der Waals surface area contributed by atoms with Crippen LogP contribution in [0.1, 0.15) is 23.1 Å². The normalized spacial score (nSPS) is 21.8. The van der Waals surface area contributed by atoms with E-state index in [2.05, 4.69) is 10.2 Å². The van der Waals surface area contributed by atoms with Gasteiger partial charge < -0.3 is 18.9 Å². The van der Waals surface area contributed by atoms with Crippen molar-refractivity contribution in [2.75, 3.05) is 27.1 Å². The Kier molecular flexibility index (Phi) is 4.84. The summed E-state index contributed by atoms with van der Waals surface area (Å²) in [7, 11) is 1.59. The number of ether oxygens (including phenoxy) is 4. The Labute approximate surface area is 157 Å². The van der Waals surface area contributed by atoms with Crippen molar-refractivity contribution in [3.05, 3.63) is 40.0 Å². The number of hydrogen-bond donors (Lipinski definition) is 0. The molecule has 1 aromatic heterocycles. The molecule has 1 aromatic carbocycles. The Morgan fingerprint density at radius 2 is 2.15 bits per heavy atom. The van der Waals surface area contributed by atoms with Gasteiger partial charge in [-0.15, -0.1) is 10.2 Å². The molecule has 7 heteroatoms. The molecule has 1 unspecified atom stereocenters. The van der Waals surface area contributed by atoms with Crippen molar-refractivity contribution in [1.29, 1.82) is 0 Å². The van der Waals surface area contributed by atoms with E-state index in [1.165, 1.54) is 0 Å². The SMILES string of the molecule is COCOc1cc(C)ccc1-c1nnc(Cl)c2c1COC1(CCOC1)C2. The number of rotatable bonds is 4. The van der Waals surface area contributed by atoms with Gasteiger partial charge in [0.15, 0.2) is 11.9 Å². The maximum atomic E-state index is 6.39. The average Bonchev–Trinajstić information content (AvgIpc) is 3.09. The number of fused-ring (bicyclic) bond motifs is 1. The summed E-state index contributed by atoms with van der Waals surface area (Å²) in [6, 6.07) is 5.97. The summed E-state index contributed by atoms with van der Waals surface area (Å²) < 4.78 is 22.5. The van der Waals surface area contributed by atoms with Crippen molar-refractivity contribution in [2.24, 2.45) is 0 Å². The van der Waals surface area contributed by atoms with Crippen LogP contribution in [0.5, 0.6) is 5.75 Å². The zero-order valence-electron chi connectivity index (χ0n) is 14.9. The van der Waals surface area contributed by atoms with Gasteiger partial charge >= 0.3 is 0 Å². The van der Waals surface area contributed by atoms with Crippen molar-refractivity contribution < 1.29 is 18.9 Å². The molecule has 2 aromatic rings. The van der Waals surface area contributed by atoms with Gasteiger partial charge in [-0.1, -0.05) is 17.7 Å². The highest BCUT2D eigenvalue weighted by atomic mass is 35.5. The first kappa shape index (κ1) is 17.7. The molecule has 1 saturated heterocycles. The molecule has 0 radical (unpaired) electrons. The molecule has 3 heterocycles. The largest absolute Gasteiger partial charge is 0.467 e. The van der Waals surface area contributed by atoms with Gasteiger partial charge in [0.25, 0.3) is 0 Å². The lowest BCUT2D eigenvalue weighted by Gasteiger charge is -2.34. The first-order valence-electron chi connectivity index (χ1n) is 8.60. The first-order chi connectivity index (χ1) is 12.6. The van der Waals surface area contributed by atoms with Crippen LogP contribution in [-0.4, -0.2) is 42.9 Å². The van der Waals surface area contributed by atoms with Gasteiger partial charge in [0.05, 0.1) is 18.8 Å². The van der Waals surface area contributed by atoms with Crippen LogP contribution in [0.4, 0.5) is 0 Å². The van der Waals surface area contributed by atoms with E-state index in [9.17, 15) is 0 Å². The van der Waals surface area contributed by atoms with E-state index in [1.54, 1.807) is 7.11 Å². The van der Waals surface area contributed by atoms with E-state index < -0.39 is 0 Å². The second-order valence-electron chi connectivity index (χ2n) is 6.80. The molecule has 138 valence electrons. The molecule has 0 amide bonds. The zero-order valence-corrected chi connectivity index (χ0v) is 15.6. The van der Waals surface area contributed by atoms with Gasteiger partial charge in [0.1, 0.15) is 11.4 Å². The highest BCUT2D eigenvalue weighted by Gasteiger charge is 2.41. The summed E-state index contributed by atoms with van der Waals surface area (Å²) in [5.74, 6) is 0.704. The fourth-order valence-corrected chi connectivity index (χ4v) is 3.76. The maximum absolute atomic E-state index is 6.39. The minimum absolute atomic E-state index is 0.163. The summed E-state index contributed by atoms with van der Waals surface area (Å²) in [6.07, 6.45) is 1.55. The van der Waals surface area contributed by atoms with Crippen LogP contribution in [0.15, 0.2) is 18.2 Å². The quantitative estimate of drug-likeness (QED) is 0.763. The molecule has 1 fully saturated rings. The van der Waals surface area contributed by atoms with Gasteiger partial charge in [-0.3, -0.25) is 0 Å². The predicted molar refractivity (Wildman–Crippen MR) is 96.4 cm³/mol. The van der Waals surface area contributed by atoms with Crippen LogP contribution in [-0.2, 0) is 27.2 Å². The van der Waals surface area contributed by atoms with Crippen LogP contribution < -0.4 is 4.74 Å². The molecular weight excluding hydrogens is 356 g/mol. The molecule has 26 heavy (non-hydrogen) atoms. The highest BCUT2D eigenvalue weighted by molar-refractivity contribution is 6.30. The lowest BCUT2D eigenvalue weighted by Crippen LogP contribution is -2.39. The van der Waals surface area contributed by atoms with Crippen molar-refractivity contribution in [1.82, 2.24) is 10.2 Å². The number of methoxy groups -OCH3 is 1. The number of hydrogen-bond acceptors (Lipinski definition) is 6. The third-order valence-corrected chi connectivity index (χ3v) is 5.25. The van der Waals surface area contributed by atoms with Gasteiger partial charge in [0, 0.05) is 43.2 Å². The fourth-order valence-electron chi connectivity index (χ4n) is 3.54. The molecular formula is C19H21ClN2O4. The summed E-state index contributed by atoms with van der Waals surface area (Å²) >= 11 is 6.39. The van der Waals surface area contributed by atoms with Gasteiger partial charge in [-0.25, -0.2) is 0 Å². The van der Waals surface area contributed by atoms with E-state index in [1.807, 2.05) is 25.1 Å². The maximum Gasteiger partial charge on any atom is 0.188 e. The Balaban J connectivity index is 1.78. The van der Waals surface area contributed by atoms with Crippen LogP contribution in [0.3, 0.4) is 0 Å². The number of aromatic nitrogens is 2. The van der Waals surface area contributed by atoms with Crippen LogP contribution in [0, 0.1) is 6.92 Å². The van der Waals surface area contributed by atoms with E-state index >= 15 is 0 Å². The van der Waals surface area contributed by atoms with E-state index in [-0.39, 0.29) is 12.4 Å². The molecule has 0 aliphatic carbocycles. The number of nitrogens with zero attached hydrogens (tertiary/aromatic N) is 2. The summed E-state index contributed by atoms with van der Waals surface area (Å²) in [5.41, 5.74) is 4.36. The highest BCUT2D eigenvalue weighted by Crippen LogP contribution is 2.41. The standard InChI is InChI=1S/C19H21ClN2O4/c1-12-3-4-13(16(7-12)25-11-23-2)17-15-9-26-19(5-6-24-10-19)8-14(15)18(20)22-21-17/h3-4,7H,5-6,8-11H2,1-2H3. The molecule has 2 aliphatic heterocycles. The average molecular weight is 377 g/mol. The Morgan fingerprint density at radius 3 is 2.92 bits per heavy atom. The molecule has 6 nitrogen and oxygen atoms in total. The number of halogens is 1. The summed E-state index contributed by atoms with van der Waals surface area (Å²) in [5, 5.41) is 9.00. The summed E-state index contributed by atoms with van der Waals surface area (Å²) in [4.78, 5) is 0. The lowest BCUT2D eigenvalue weighted by atomic mass is 9.87. The molecule has 4 rings (SSSR count). The van der Waals surface area contributed by atoms with E-state index in [4.69, 9.17) is 30.5 Å². The predicted octanol–water partition coefficient (Wildman–Crippen LogP) is 3.32. The van der Waals surface area contributed by atoms with Crippen molar-refractivity contribution in [3.8, 4) is 17.0 Å². The number of benzene rings is 1. The van der Waals surface area contributed by atoms with Gasteiger partial charge in [-0.05, 0) is 24.6 Å². The third-order valence-electron chi connectivity index (χ3n) is 4.95. The molecule has 1 spiro atoms. The Hall–Kier alpha value is -1.73.